The molecule has 1 atom stereocenters. The summed E-state index contributed by atoms with van der Waals surface area (Å²) in [7, 11) is -3.59. The molecule has 2 N–H and O–H groups in total. The van der Waals surface area contributed by atoms with Gasteiger partial charge in [0.25, 0.3) is 0 Å². The Bertz CT molecular complexity index is 557. The lowest BCUT2D eigenvalue weighted by Gasteiger charge is -2.17. The Hall–Kier alpha value is -1.60. The number of anilines is 1. The molecule has 7 heteroatoms. The molecular weight excluding hydrogens is 280 g/mol. The lowest BCUT2D eigenvalue weighted by molar-refractivity contribution is -0.143. The van der Waals surface area contributed by atoms with E-state index in [9.17, 15) is 13.2 Å². The Morgan fingerprint density at radius 2 is 1.95 bits per heavy atom. The molecule has 0 aliphatic rings. The molecule has 0 spiro atoms. The highest BCUT2D eigenvalue weighted by Crippen LogP contribution is 2.21. The van der Waals surface area contributed by atoms with Crippen LogP contribution in [0.1, 0.15) is 20.8 Å². The van der Waals surface area contributed by atoms with Gasteiger partial charge in [-0.2, -0.15) is 0 Å². The van der Waals surface area contributed by atoms with Gasteiger partial charge in [-0.05, 0) is 26.0 Å². The number of rotatable bonds is 7. The molecule has 0 fully saturated rings. The molecule has 0 aromatic heterocycles. The van der Waals surface area contributed by atoms with Crippen LogP contribution in [0.25, 0.3) is 0 Å². The van der Waals surface area contributed by atoms with Gasteiger partial charge in [0.15, 0.2) is 0 Å². The molecule has 20 heavy (non-hydrogen) atoms. The third-order valence-corrected chi connectivity index (χ3v) is 4.13. The van der Waals surface area contributed by atoms with Crippen LogP contribution in [0.15, 0.2) is 29.2 Å². The number of benzene rings is 1. The molecule has 0 bridgehead atoms. The Balaban J connectivity index is 3.00. The SMILES string of the molecule is CCNS(=O)(=O)c1ccccc1NC(C)C(=O)OCC. The third kappa shape index (κ3) is 4.21. The minimum absolute atomic E-state index is 0.109. The van der Waals surface area contributed by atoms with Crippen molar-refractivity contribution in [1.82, 2.24) is 4.72 Å². The summed E-state index contributed by atoms with van der Waals surface area (Å²) in [6.45, 7) is 5.62. The van der Waals surface area contributed by atoms with E-state index in [0.29, 0.717) is 12.2 Å². The molecule has 0 saturated heterocycles. The summed E-state index contributed by atoms with van der Waals surface area (Å²) in [6.07, 6.45) is 0. The van der Waals surface area contributed by atoms with Gasteiger partial charge in [0.2, 0.25) is 10.0 Å². The van der Waals surface area contributed by atoms with E-state index in [1.165, 1.54) is 6.07 Å². The van der Waals surface area contributed by atoms with E-state index >= 15 is 0 Å². The second-order valence-corrected chi connectivity index (χ2v) is 5.85. The maximum absolute atomic E-state index is 12.1. The number of para-hydroxylation sites is 1. The molecule has 0 aliphatic heterocycles. The number of esters is 1. The zero-order valence-electron chi connectivity index (χ0n) is 11.8. The maximum atomic E-state index is 12.1. The van der Waals surface area contributed by atoms with Crippen LogP contribution in [0.4, 0.5) is 5.69 Å². The van der Waals surface area contributed by atoms with Gasteiger partial charge in [0.05, 0.1) is 12.3 Å². The topological polar surface area (TPSA) is 84.5 Å². The average molecular weight is 300 g/mol. The van der Waals surface area contributed by atoms with E-state index in [1.807, 2.05) is 0 Å². The number of sulfonamides is 1. The van der Waals surface area contributed by atoms with Crippen molar-refractivity contribution in [1.29, 1.82) is 0 Å². The van der Waals surface area contributed by atoms with Crippen LogP contribution in [-0.2, 0) is 19.6 Å². The van der Waals surface area contributed by atoms with E-state index in [1.54, 1.807) is 39.0 Å². The first-order chi connectivity index (χ1) is 9.42. The zero-order valence-corrected chi connectivity index (χ0v) is 12.7. The molecular formula is C13H20N2O4S. The van der Waals surface area contributed by atoms with Gasteiger partial charge in [0.1, 0.15) is 10.9 Å². The van der Waals surface area contributed by atoms with E-state index in [2.05, 4.69) is 10.0 Å². The molecule has 1 unspecified atom stereocenters. The smallest absolute Gasteiger partial charge is 0.328 e. The Labute approximate surface area is 119 Å². The van der Waals surface area contributed by atoms with E-state index in [4.69, 9.17) is 4.74 Å². The van der Waals surface area contributed by atoms with Gasteiger partial charge >= 0.3 is 5.97 Å². The Morgan fingerprint density at radius 1 is 1.30 bits per heavy atom. The summed E-state index contributed by atoms with van der Waals surface area (Å²) in [5.41, 5.74) is 0.369. The number of nitrogens with one attached hydrogen (secondary N) is 2. The summed E-state index contributed by atoms with van der Waals surface area (Å²) in [6, 6.07) is 5.79. The van der Waals surface area contributed by atoms with E-state index in [-0.39, 0.29) is 11.5 Å². The molecule has 112 valence electrons. The predicted molar refractivity (Wildman–Crippen MR) is 77.0 cm³/mol. The summed E-state index contributed by atoms with van der Waals surface area (Å²) in [5.74, 6) is -0.428. The van der Waals surface area contributed by atoms with Gasteiger partial charge in [-0.3, -0.25) is 0 Å². The Morgan fingerprint density at radius 3 is 2.55 bits per heavy atom. The number of hydrogen-bond donors (Lipinski definition) is 2. The fourth-order valence-electron chi connectivity index (χ4n) is 1.65. The van der Waals surface area contributed by atoms with Gasteiger partial charge in [0, 0.05) is 6.54 Å². The maximum Gasteiger partial charge on any atom is 0.328 e. The second-order valence-electron chi connectivity index (χ2n) is 4.12. The minimum Gasteiger partial charge on any atom is -0.464 e. The molecule has 0 saturated carbocycles. The van der Waals surface area contributed by atoms with Crippen molar-refractivity contribution in [2.45, 2.75) is 31.7 Å². The lowest BCUT2D eigenvalue weighted by Crippen LogP contribution is -2.30. The number of carbonyl (C=O) groups is 1. The van der Waals surface area contributed by atoms with Gasteiger partial charge in [-0.1, -0.05) is 19.1 Å². The van der Waals surface area contributed by atoms with Crippen LogP contribution in [0.2, 0.25) is 0 Å². The molecule has 0 heterocycles. The predicted octanol–water partition coefficient (Wildman–Crippen LogP) is 1.35. The summed E-state index contributed by atoms with van der Waals surface area (Å²) in [5, 5.41) is 2.87. The zero-order chi connectivity index (χ0) is 15.2. The fourth-order valence-corrected chi connectivity index (χ4v) is 2.86. The van der Waals surface area contributed by atoms with Crippen molar-refractivity contribution < 1.29 is 17.9 Å². The number of carbonyl (C=O) groups excluding carboxylic acids is 1. The van der Waals surface area contributed by atoms with Crippen LogP contribution in [0, 0.1) is 0 Å². The van der Waals surface area contributed by atoms with E-state index in [0.717, 1.165) is 0 Å². The normalized spacial score (nSPS) is 12.8. The molecule has 0 radical (unpaired) electrons. The first-order valence-electron chi connectivity index (χ1n) is 6.44. The molecule has 6 nitrogen and oxygen atoms in total. The average Bonchev–Trinajstić information content (AvgIpc) is 2.39. The molecule has 1 rings (SSSR count). The van der Waals surface area contributed by atoms with Gasteiger partial charge in [-0.25, -0.2) is 17.9 Å². The largest absolute Gasteiger partial charge is 0.464 e. The first kappa shape index (κ1) is 16.5. The highest BCUT2D eigenvalue weighted by atomic mass is 32.2. The van der Waals surface area contributed by atoms with Crippen LogP contribution in [0.5, 0.6) is 0 Å². The lowest BCUT2D eigenvalue weighted by atomic mass is 10.2. The van der Waals surface area contributed by atoms with Crippen LogP contribution in [-0.4, -0.2) is 33.6 Å². The summed E-state index contributed by atoms with van der Waals surface area (Å²) >= 11 is 0. The quantitative estimate of drug-likeness (QED) is 0.743. The number of ether oxygens (including phenoxy) is 1. The molecule has 1 aromatic rings. The van der Waals surface area contributed by atoms with Crippen molar-refractivity contribution in [3.05, 3.63) is 24.3 Å². The summed E-state index contributed by atoms with van der Waals surface area (Å²) in [4.78, 5) is 11.7. The first-order valence-corrected chi connectivity index (χ1v) is 7.92. The van der Waals surface area contributed by atoms with Crippen LogP contribution >= 0.6 is 0 Å². The van der Waals surface area contributed by atoms with Crippen molar-refractivity contribution in [2.24, 2.45) is 0 Å². The fraction of sp³-hybridized carbons (Fsp3) is 0.462. The highest BCUT2D eigenvalue weighted by Gasteiger charge is 2.20. The monoisotopic (exact) mass is 300 g/mol. The molecule has 0 aliphatic carbocycles. The van der Waals surface area contributed by atoms with Crippen LogP contribution < -0.4 is 10.0 Å². The van der Waals surface area contributed by atoms with Crippen molar-refractivity contribution >= 4 is 21.7 Å². The van der Waals surface area contributed by atoms with E-state index < -0.39 is 22.0 Å². The van der Waals surface area contributed by atoms with Crippen LogP contribution in [0.3, 0.4) is 0 Å². The van der Waals surface area contributed by atoms with Crippen molar-refractivity contribution in [3.63, 3.8) is 0 Å². The molecule has 1 aromatic carbocycles. The van der Waals surface area contributed by atoms with Crippen molar-refractivity contribution in [3.8, 4) is 0 Å². The Kier molecular flexibility index (Phi) is 5.97. The minimum atomic E-state index is -3.59. The van der Waals surface area contributed by atoms with Gasteiger partial charge in [-0.15, -0.1) is 0 Å². The summed E-state index contributed by atoms with van der Waals surface area (Å²) < 4.78 is 31.4. The molecule has 0 amide bonds. The highest BCUT2D eigenvalue weighted by molar-refractivity contribution is 7.89. The van der Waals surface area contributed by atoms with Gasteiger partial charge < -0.3 is 10.1 Å². The second kappa shape index (κ2) is 7.25. The third-order valence-electron chi connectivity index (χ3n) is 2.52. The standard InChI is InChI=1S/C13H20N2O4S/c1-4-14-20(17,18)12-9-7-6-8-11(12)15-10(3)13(16)19-5-2/h6-10,14-15H,4-5H2,1-3H3. The van der Waals surface area contributed by atoms with Crippen molar-refractivity contribution in [2.75, 3.05) is 18.5 Å². The number of hydrogen-bond acceptors (Lipinski definition) is 5.